The fraction of sp³-hybridized carbons (Fsp3) is 0.632. The van der Waals surface area contributed by atoms with Crippen molar-refractivity contribution in [2.75, 3.05) is 7.11 Å². The van der Waals surface area contributed by atoms with Crippen LogP contribution in [0, 0.1) is 0 Å². The average molecular weight is 309 g/mol. The number of carbonyl (C=O) groups excluding carboxylic acids is 1. The van der Waals surface area contributed by atoms with Crippen molar-refractivity contribution < 1.29 is 16.0 Å². The van der Waals surface area contributed by atoms with E-state index in [-0.39, 0.29) is 5.97 Å². The third-order valence-electron chi connectivity index (χ3n) is 3.20. The van der Waals surface area contributed by atoms with Gasteiger partial charge in [-0.1, -0.05) is 56.2 Å². The van der Waals surface area contributed by atoms with E-state index in [0.29, 0.717) is 6.42 Å². The van der Waals surface area contributed by atoms with Gasteiger partial charge in [0.15, 0.2) is 0 Å². The van der Waals surface area contributed by atoms with Gasteiger partial charge in [0.1, 0.15) is 0 Å². The Kier molecular flexibility index (Phi) is 13.6. The van der Waals surface area contributed by atoms with E-state index in [4.69, 9.17) is 1.37 Å². The lowest BCUT2D eigenvalue weighted by Gasteiger charge is -1.98. The maximum Gasteiger partial charge on any atom is 0.305 e. The lowest BCUT2D eigenvalue weighted by atomic mass is 10.1. The second-order valence-electron chi connectivity index (χ2n) is 5.24. The molecule has 0 amide bonds. The van der Waals surface area contributed by atoms with Gasteiger partial charge in [-0.3, -0.25) is 4.79 Å². The van der Waals surface area contributed by atoms with E-state index in [2.05, 4.69) is 11.7 Å². The third-order valence-corrected chi connectivity index (χ3v) is 3.20. The van der Waals surface area contributed by atoms with Gasteiger partial charge in [-0.2, -0.15) is 0 Å². The van der Waals surface area contributed by atoms with Gasteiger partial charge in [0.25, 0.3) is 0 Å². The van der Waals surface area contributed by atoms with E-state index in [1.165, 1.54) is 20.0 Å². The van der Waals surface area contributed by atoms with Gasteiger partial charge in [-0.05, 0) is 38.5 Å². The molecule has 3 nitrogen and oxygen atoms in total. The lowest BCUT2D eigenvalue weighted by molar-refractivity contribution is -0.140. The molecule has 0 aromatic carbocycles. The van der Waals surface area contributed by atoms with Crippen LogP contribution in [0.1, 0.15) is 66.1 Å². The predicted molar refractivity (Wildman–Crippen MR) is 92.7 cm³/mol. The molecule has 0 bridgehead atoms. The van der Waals surface area contributed by atoms with E-state index < -0.39 is 12.5 Å². The number of hydrogen-bond acceptors (Lipinski definition) is 3. The topological polar surface area (TPSA) is 46.5 Å². The number of rotatable bonds is 13. The molecular formula is C19H32O3. The second kappa shape index (κ2) is 16.0. The maximum atomic E-state index is 10.9. The molecule has 0 unspecified atom stereocenters. The van der Waals surface area contributed by atoms with Crippen LogP contribution in [0.4, 0.5) is 0 Å². The number of aliphatic hydroxyl groups excluding tert-OH is 1. The Morgan fingerprint density at radius 3 is 2.50 bits per heavy atom. The fourth-order valence-electron chi connectivity index (χ4n) is 1.86. The molecule has 0 fully saturated rings. The summed E-state index contributed by atoms with van der Waals surface area (Å²) < 4.78 is 12.4. The van der Waals surface area contributed by atoms with Gasteiger partial charge < -0.3 is 9.84 Å². The van der Waals surface area contributed by atoms with Crippen LogP contribution in [0.5, 0.6) is 0 Å². The summed E-state index contributed by atoms with van der Waals surface area (Å²) in [6.45, 7) is 2.17. The molecule has 0 aromatic rings. The summed E-state index contributed by atoms with van der Waals surface area (Å²) in [5.41, 5.74) is 0. The number of carbonyl (C=O) groups is 1. The Hall–Kier alpha value is -1.35. The van der Waals surface area contributed by atoms with Crippen LogP contribution in [0.2, 0.25) is 0 Å². The molecule has 1 N–H and O–H groups in total. The third kappa shape index (κ3) is 15.0. The average Bonchev–Trinajstić information content (AvgIpc) is 2.55. The molecule has 0 spiro atoms. The summed E-state index contributed by atoms with van der Waals surface area (Å²) in [7, 11) is 1.40. The highest BCUT2D eigenvalue weighted by Crippen LogP contribution is 2.03. The number of aliphatic hydroxyl groups is 1. The van der Waals surface area contributed by atoms with E-state index in [1.54, 1.807) is 24.3 Å². The maximum absolute atomic E-state index is 10.9. The van der Waals surface area contributed by atoms with Gasteiger partial charge in [0.05, 0.1) is 13.2 Å². The van der Waals surface area contributed by atoms with Crippen LogP contribution in [-0.2, 0) is 9.53 Å². The first kappa shape index (κ1) is 18.7. The van der Waals surface area contributed by atoms with Crippen molar-refractivity contribution in [1.29, 1.82) is 0 Å². The number of allylic oxidation sites excluding steroid dienone is 4. The van der Waals surface area contributed by atoms with Crippen molar-refractivity contribution in [2.24, 2.45) is 0 Å². The van der Waals surface area contributed by atoms with E-state index >= 15 is 0 Å². The molecule has 0 saturated carbocycles. The summed E-state index contributed by atoms with van der Waals surface area (Å²) in [5.74, 6) is -0.174. The fourth-order valence-corrected chi connectivity index (χ4v) is 1.86. The summed E-state index contributed by atoms with van der Waals surface area (Å²) in [5, 5.41) is 9.75. The van der Waals surface area contributed by atoms with Gasteiger partial charge in [-0.25, -0.2) is 0 Å². The quantitative estimate of drug-likeness (QED) is 0.304. The van der Waals surface area contributed by atoms with Gasteiger partial charge in [-0.15, -0.1) is 0 Å². The minimum absolute atomic E-state index is 0.174. The number of hydrogen-bond donors (Lipinski definition) is 1. The molecule has 0 heterocycles. The molecule has 0 aliphatic carbocycles. The molecule has 2 atom stereocenters. The molecule has 0 rings (SSSR count). The van der Waals surface area contributed by atoms with Crippen molar-refractivity contribution in [3.8, 4) is 0 Å². The largest absolute Gasteiger partial charge is 0.469 e. The summed E-state index contributed by atoms with van der Waals surface area (Å²) >= 11 is 0. The van der Waals surface area contributed by atoms with Gasteiger partial charge in [0.2, 0.25) is 0 Å². The molecule has 22 heavy (non-hydrogen) atoms. The van der Waals surface area contributed by atoms with Crippen LogP contribution in [-0.4, -0.2) is 24.3 Å². The Morgan fingerprint density at radius 1 is 1.09 bits per heavy atom. The monoisotopic (exact) mass is 309 g/mol. The SMILES string of the molecule is [2H][C@H](/C=C\CCCCC(=O)OC)/C=C\[C@H](O)/C=C\CCCCC. The van der Waals surface area contributed by atoms with Crippen LogP contribution in [0.3, 0.4) is 0 Å². The minimum atomic E-state index is -0.613. The zero-order valence-corrected chi connectivity index (χ0v) is 14.0. The molecule has 0 aliphatic heterocycles. The van der Waals surface area contributed by atoms with Crippen molar-refractivity contribution in [3.63, 3.8) is 0 Å². The second-order valence-corrected chi connectivity index (χ2v) is 5.24. The van der Waals surface area contributed by atoms with E-state index in [9.17, 15) is 9.90 Å². The predicted octanol–water partition coefficient (Wildman–Crippen LogP) is 4.72. The first-order chi connectivity index (χ1) is 11.1. The normalized spacial score (nSPS) is 15.5. The molecule has 0 radical (unpaired) electrons. The summed E-state index contributed by atoms with van der Waals surface area (Å²) in [6, 6.07) is 0. The first-order valence-electron chi connectivity index (χ1n) is 8.86. The lowest BCUT2D eigenvalue weighted by Crippen LogP contribution is -1.98. The number of unbranched alkanes of at least 4 members (excludes halogenated alkanes) is 5. The van der Waals surface area contributed by atoms with Crippen LogP contribution >= 0.6 is 0 Å². The highest BCUT2D eigenvalue weighted by Gasteiger charge is 1.97. The summed E-state index contributed by atoms with van der Waals surface area (Å²) in [6.07, 6.45) is 17.4. The Balaban J connectivity index is 3.79. The number of ether oxygens (including phenoxy) is 1. The zero-order chi connectivity index (χ0) is 17.3. The van der Waals surface area contributed by atoms with E-state index in [1.807, 2.05) is 12.2 Å². The highest BCUT2D eigenvalue weighted by molar-refractivity contribution is 5.68. The van der Waals surface area contributed by atoms with E-state index in [0.717, 1.165) is 32.1 Å². The zero-order valence-electron chi connectivity index (χ0n) is 15.0. The highest BCUT2D eigenvalue weighted by atomic mass is 16.5. The van der Waals surface area contributed by atoms with Crippen molar-refractivity contribution in [3.05, 3.63) is 36.5 Å². The summed E-state index contributed by atoms with van der Waals surface area (Å²) in [4.78, 5) is 10.9. The standard InChI is InChI=1S/C19H32O3/c1-3-4-5-9-12-15-18(20)16-13-10-7-6-8-11-14-17-19(21)22-2/h6-7,12-13,15-16,18,20H,3-5,8-11,14,17H2,1-2H3/b7-6-,15-12-,16-13-/t18-/m1/s1/i10D/t10-,18-. The van der Waals surface area contributed by atoms with Gasteiger partial charge >= 0.3 is 5.97 Å². The molecular weight excluding hydrogens is 276 g/mol. The number of methoxy groups -OCH3 is 1. The smallest absolute Gasteiger partial charge is 0.305 e. The van der Waals surface area contributed by atoms with Gasteiger partial charge in [0, 0.05) is 7.79 Å². The molecule has 0 aliphatic rings. The van der Waals surface area contributed by atoms with Crippen molar-refractivity contribution in [2.45, 2.75) is 70.8 Å². The Morgan fingerprint density at radius 2 is 1.77 bits per heavy atom. The molecule has 0 aromatic heterocycles. The Labute approximate surface area is 137 Å². The molecule has 3 heteroatoms. The molecule has 0 saturated heterocycles. The minimum Gasteiger partial charge on any atom is -0.469 e. The van der Waals surface area contributed by atoms with Crippen LogP contribution < -0.4 is 0 Å². The Bertz CT molecular complexity index is 375. The molecule has 126 valence electrons. The van der Waals surface area contributed by atoms with Crippen molar-refractivity contribution in [1.82, 2.24) is 0 Å². The number of esters is 1. The first-order valence-corrected chi connectivity index (χ1v) is 8.29. The van der Waals surface area contributed by atoms with Crippen LogP contribution in [0.25, 0.3) is 0 Å². The van der Waals surface area contributed by atoms with Crippen LogP contribution in [0.15, 0.2) is 36.5 Å². The van der Waals surface area contributed by atoms with Crippen molar-refractivity contribution >= 4 is 5.97 Å².